The Morgan fingerprint density at radius 3 is 2.35 bits per heavy atom. The summed E-state index contributed by atoms with van der Waals surface area (Å²) in [6.07, 6.45) is 5.64. The second-order valence-corrected chi connectivity index (χ2v) is 3.58. The molecule has 6 heteroatoms. The third kappa shape index (κ3) is 8.15. The van der Waals surface area contributed by atoms with Crippen LogP contribution >= 0.6 is 0 Å². The SMILES string of the molecule is CNCCC1=CCCC(=O)C1.O=C(O)C(=O)O. The lowest BCUT2D eigenvalue weighted by Gasteiger charge is -2.10. The molecule has 0 spiro atoms. The zero-order chi connectivity index (χ0) is 13.3. The highest BCUT2D eigenvalue weighted by Gasteiger charge is 2.09. The van der Waals surface area contributed by atoms with Crippen LogP contribution in [-0.4, -0.2) is 41.5 Å². The van der Waals surface area contributed by atoms with E-state index in [0.29, 0.717) is 12.2 Å². The number of hydrogen-bond acceptors (Lipinski definition) is 4. The van der Waals surface area contributed by atoms with Crippen molar-refractivity contribution in [3.8, 4) is 0 Å². The monoisotopic (exact) mass is 243 g/mol. The van der Waals surface area contributed by atoms with Gasteiger partial charge in [0.1, 0.15) is 5.78 Å². The fourth-order valence-corrected chi connectivity index (χ4v) is 1.33. The van der Waals surface area contributed by atoms with Gasteiger partial charge in [0.05, 0.1) is 0 Å². The molecule has 0 heterocycles. The van der Waals surface area contributed by atoms with Gasteiger partial charge in [-0.15, -0.1) is 0 Å². The van der Waals surface area contributed by atoms with Crippen molar-refractivity contribution >= 4 is 17.7 Å². The second-order valence-electron chi connectivity index (χ2n) is 3.58. The molecule has 0 amide bonds. The first-order valence-corrected chi connectivity index (χ1v) is 5.27. The van der Waals surface area contributed by atoms with Gasteiger partial charge >= 0.3 is 11.9 Å². The third-order valence-electron chi connectivity index (χ3n) is 2.16. The van der Waals surface area contributed by atoms with E-state index in [4.69, 9.17) is 19.8 Å². The lowest BCUT2D eigenvalue weighted by Crippen LogP contribution is -2.12. The Morgan fingerprint density at radius 1 is 1.35 bits per heavy atom. The molecule has 0 bridgehead atoms. The number of rotatable bonds is 3. The number of carbonyl (C=O) groups excluding carboxylic acids is 1. The van der Waals surface area contributed by atoms with Gasteiger partial charge in [0.2, 0.25) is 0 Å². The average molecular weight is 243 g/mol. The van der Waals surface area contributed by atoms with Gasteiger partial charge in [0.25, 0.3) is 0 Å². The number of carboxylic acid groups (broad SMARTS) is 2. The maximum absolute atomic E-state index is 11.0. The Hall–Kier alpha value is -1.69. The molecule has 0 aromatic heterocycles. The van der Waals surface area contributed by atoms with Gasteiger partial charge in [-0.3, -0.25) is 4.79 Å². The van der Waals surface area contributed by atoms with E-state index in [1.165, 1.54) is 5.57 Å². The van der Waals surface area contributed by atoms with Crippen molar-refractivity contribution in [3.63, 3.8) is 0 Å². The van der Waals surface area contributed by atoms with Gasteiger partial charge in [-0.05, 0) is 26.4 Å². The summed E-state index contributed by atoms with van der Waals surface area (Å²) in [5.41, 5.74) is 1.32. The molecule has 0 radical (unpaired) electrons. The summed E-state index contributed by atoms with van der Waals surface area (Å²) >= 11 is 0. The van der Waals surface area contributed by atoms with E-state index in [2.05, 4.69) is 11.4 Å². The molecule has 0 atom stereocenters. The Kier molecular flexibility index (Phi) is 7.62. The molecule has 0 saturated carbocycles. The molecule has 0 unspecified atom stereocenters. The van der Waals surface area contributed by atoms with Crippen molar-refractivity contribution in [1.29, 1.82) is 0 Å². The van der Waals surface area contributed by atoms with Gasteiger partial charge in [-0.2, -0.15) is 0 Å². The smallest absolute Gasteiger partial charge is 0.414 e. The minimum Gasteiger partial charge on any atom is -0.473 e. The number of allylic oxidation sites excluding steroid dienone is 1. The van der Waals surface area contributed by atoms with E-state index in [1.54, 1.807) is 0 Å². The summed E-state index contributed by atoms with van der Waals surface area (Å²) in [5.74, 6) is -3.25. The van der Waals surface area contributed by atoms with E-state index >= 15 is 0 Å². The summed E-state index contributed by atoms with van der Waals surface area (Å²) in [6, 6.07) is 0. The van der Waals surface area contributed by atoms with Crippen molar-refractivity contribution in [2.24, 2.45) is 0 Å². The van der Waals surface area contributed by atoms with Crippen molar-refractivity contribution in [1.82, 2.24) is 5.32 Å². The Balaban J connectivity index is 0.000000366. The van der Waals surface area contributed by atoms with Crippen LogP contribution in [0.5, 0.6) is 0 Å². The van der Waals surface area contributed by atoms with Crippen LogP contribution in [0.25, 0.3) is 0 Å². The van der Waals surface area contributed by atoms with E-state index < -0.39 is 11.9 Å². The standard InChI is InChI=1S/C9H15NO.C2H2O4/c1-10-6-5-8-3-2-4-9(11)7-8;3-1(4)2(5)6/h3,10H,2,4-7H2,1H3;(H,3,4)(H,5,6). The summed E-state index contributed by atoms with van der Waals surface area (Å²) in [6.45, 7) is 0.985. The molecule has 3 N–H and O–H groups in total. The number of aliphatic carboxylic acids is 2. The zero-order valence-corrected chi connectivity index (χ0v) is 9.73. The molecule has 1 aliphatic carbocycles. The maximum atomic E-state index is 11.0. The minimum atomic E-state index is -1.82. The molecular formula is C11H17NO5. The Morgan fingerprint density at radius 2 is 1.94 bits per heavy atom. The normalized spacial score (nSPS) is 14.4. The van der Waals surface area contributed by atoms with Crippen LogP contribution in [0, 0.1) is 0 Å². The fraction of sp³-hybridized carbons (Fsp3) is 0.545. The highest BCUT2D eigenvalue weighted by atomic mass is 16.4. The van der Waals surface area contributed by atoms with E-state index in [-0.39, 0.29) is 0 Å². The zero-order valence-electron chi connectivity index (χ0n) is 9.73. The topological polar surface area (TPSA) is 104 Å². The van der Waals surface area contributed by atoms with Crippen LogP contribution in [0.15, 0.2) is 11.6 Å². The lowest BCUT2D eigenvalue weighted by atomic mass is 9.96. The van der Waals surface area contributed by atoms with Crippen LogP contribution < -0.4 is 5.32 Å². The van der Waals surface area contributed by atoms with Gasteiger partial charge in [-0.25, -0.2) is 9.59 Å². The molecule has 0 aromatic rings. The van der Waals surface area contributed by atoms with E-state index in [9.17, 15) is 4.79 Å². The molecule has 0 aliphatic heterocycles. The van der Waals surface area contributed by atoms with Crippen LogP contribution in [0.3, 0.4) is 0 Å². The quantitative estimate of drug-likeness (QED) is 0.490. The summed E-state index contributed by atoms with van der Waals surface area (Å²) in [4.78, 5) is 29.2. The van der Waals surface area contributed by atoms with Crippen molar-refractivity contribution in [2.45, 2.75) is 25.7 Å². The minimum absolute atomic E-state index is 0.401. The molecular weight excluding hydrogens is 226 g/mol. The fourth-order valence-electron chi connectivity index (χ4n) is 1.33. The second kappa shape index (κ2) is 8.46. The summed E-state index contributed by atoms with van der Waals surface area (Å²) in [5, 5.41) is 17.9. The first-order valence-electron chi connectivity index (χ1n) is 5.27. The molecule has 6 nitrogen and oxygen atoms in total. The number of hydrogen-bond donors (Lipinski definition) is 3. The highest BCUT2D eigenvalue weighted by Crippen LogP contribution is 2.16. The number of carbonyl (C=O) groups is 3. The summed E-state index contributed by atoms with van der Waals surface area (Å²) in [7, 11) is 1.94. The molecule has 0 saturated heterocycles. The first kappa shape index (κ1) is 15.3. The molecule has 0 aromatic carbocycles. The van der Waals surface area contributed by atoms with Gasteiger partial charge in [0, 0.05) is 12.8 Å². The van der Waals surface area contributed by atoms with Crippen LogP contribution in [0.2, 0.25) is 0 Å². The predicted octanol–water partition coefficient (Wildman–Crippen LogP) is 0.431. The highest BCUT2D eigenvalue weighted by molar-refractivity contribution is 6.27. The van der Waals surface area contributed by atoms with Gasteiger partial charge in [0.15, 0.2) is 0 Å². The average Bonchev–Trinajstić information content (AvgIpc) is 2.27. The molecule has 96 valence electrons. The maximum Gasteiger partial charge on any atom is 0.414 e. The van der Waals surface area contributed by atoms with Crippen LogP contribution in [0.4, 0.5) is 0 Å². The van der Waals surface area contributed by atoms with E-state index in [0.717, 1.165) is 25.8 Å². The summed E-state index contributed by atoms with van der Waals surface area (Å²) < 4.78 is 0. The first-order chi connectivity index (χ1) is 7.97. The van der Waals surface area contributed by atoms with Crippen LogP contribution in [0.1, 0.15) is 25.7 Å². The number of Topliss-reactive ketones (excluding diaryl/α,β-unsaturated/α-hetero) is 1. The molecule has 0 fully saturated rings. The Labute approximate surface area is 99.3 Å². The number of nitrogens with one attached hydrogen (secondary N) is 1. The molecule has 17 heavy (non-hydrogen) atoms. The lowest BCUT2D eigenvalue weighted by molar-refractivity contribution is -0.159. The largest absolute Gasteiger partial charge is 0.473 e. The van der Waals surface area contributed by atoms with Crippen LogP contribution in [-0.2, 0) is 14.4 Å². The van der Waals surface area contributed by atoms with Crippen molar-refractivity contribution in [2.75, 3.05) is 13.6 Å². The number of ketones is 1. The third-order valence-corrected chi connectivity index (χ3v) is 2.16. The molecule has 1 aliphatic rings. The van der Waals surface area contributed by atoms with Gasteiger partial charge in [-0.1, -0.05) is 11.6 Å². The number of carboxylic acids is 2. The molecule has 1 rings (SSSR count). The predicted molar refractivity (Wildman–Crippen MR) is 60.8 cm³/mol. The van der Waals surface area contributed by atoms with Crippen molar-refractivity contribution < 1.29 is 24.6 Å². The van der Waals surface area contributed by atoms with Crippen molar-refractivity contribution in [3.05, 3.63) is 11.6 Å². The Bertz CT molecular complexity index is 310. The van der Waals surface area contributed by atoms with E-state index in [1.807, 2.05) is 7.05 Å². The van der Waals surface area contributed by atoms with Gasteiger partial charge < -0.3 is 15.5 Å².